The highest BCUT2D eigenvalue weighted by atomic mass is 16.7. The van der Waals surface area contributed by atoms with Gasteiger partial charge in [0, 0.05) is 31.8 Å². The van der Waals surface area contributed by atoms with Crippen LogP contribution in [0.2, 0.25) is 0 Å². The Hall–Kier alpha value is -6.92. The van der Waals surface area contributed by atoms with Gasteiger partial charge in [0.15, 0.2) is 30.5 Å². The largest absolute Gasteiger partial charge is 0.462 e. The Labute approximate surface area is 538 Å². The number of esters is 1. The Morgan fingerprint density at radius 2 is 1.32 bits per heavy atom. The molecule has 5 saturated heterocycles. The molecule has 36 nitrogen and oxygen atoms in total. The maximum absolute atomic E-state index is 14.9. The fourth-order valence-electron chi connectivity index (χ4n) is 11.4. The van der Waals surface area contributed by atoms with Crippen molar-refractivity contribution < 1.29 is 124 Å². The third kappa shape index (κ3) is 17.8. The van der Waals surface area contributed by atoms with Crippen molar-refractivity contribution in [1.82, 2.24) is 42.1 Å². The Kier molecular flexibility index (Phi) is 27.1. The lowest BCUT2D eigenvalue weighted by Gasteiger charge is -2.46. The zero-order valence-electron chi connectivity index (χ0n) is 51.1. The van der Waals surface area contributed by atoms with Gasteiger partial charge >= 0.3 is 5.97 Å². The van der Waals surface area contributed by atoms with Crippen molar-refractivity contribution in [3.05, 3.63) is 65.7 Å². The molecule has 24 N–H and O–H groups in total. The first kappa shape index (κ1) is 74.5. The summed E-state index contributed by atoms with van der Waals surface area (Å²) in [6, 6.07) is 1.80. The number of aliphatic hydroxyl groups is 13. The molecule has 2 aromatic carbocycles. The number of nitrogens with zero attached hydrogens (tertiary/aromatic N) is 1. The topological polar surface area (TPSA) is 582 Å². The smallest absolute Gasteiger partial charge is 0.306 e. The Bertz CT molecular complexity index is 2860. The van der Waals surface area contributed by atoms with Crippen LogP contribution in [0.5, 0.6) is 5.75 Å². The van der Waals surface area contributed by atoms with E-state index in [9.17, 15) is 95.2 Å². The van der Waals surface area contributed by atoms with Crippen LogP contribution in [0, 0.1) is 10.8 Å². The molecule has 5 fully saturated rings. The van der Waals surface area contributed by atoms with E-state index in [1.165, 1.54) is 30.6 Å². The number of aliphatic hydroxyl groups excluding tert-OH is 13. The molecular formula is C58H86N11O25. The third-order valence-corrected chi connectivity index (χ3v) is 17.0. The van der Waals surface area contributed by atoms with E-state index >= 15 is 0 Å². The van der Waals surface area contributed by atoms with Gasteiger partial charge in [0.2, 0.25) is 36.2 Å². The Morgan fingerprint density at radius 3 is 1.94 bits per heavy atom. The van der Waals surface area contributed by atoms with Gasteiger partial charge in [0.25, 0.3) is 0 Å². The Morgan fingerprint density at radius 1 is 0.691 bits per heavy atom. The summed E-state index contributed by atoms with van der Waals surface area (Å²) in [7, 11) is 0. The van der Waals surface area contributed by atoms with Crippen molar-refractivity contribution in [2.45, 2.75) is 198 Å². The van der Waals surface area contributed by atoms with E-state index in [1.54, 1.807) is 37.3 Å². The first-order valence-corrected chi connectivity index (χ1v) is 30.5. The van der Waals surface area contributed by atoms with Crippen LogP contribution in [0.1, 0.15) is 56.6 Å². The SMILES string of the molecule is CCCCCC(=O)OC1C(O)C(CO)OC(OC2C(CO)OC(Oc3ccc(CC(NC(=O)C(N)C(C)c4ccccc4)C(=O)NC(C(=O)NC(C(=O)NC([C]=O)CO)C(O)C4CNC(=N)N4C4OC(CO)C(O)C(O)C4O)C(O)C4CNC(=N)N4)cc3)C(O)C2O)C1O. The molecule has 5 aliphatic rings. The first-order chi connectivity index (χ1) is 44.8. The molecule has 523 valence electrons. The van der Waals surface area contributed by atoms with Crippen LogP contribution >= 0.6 is 0 Å². The van der Waals surface area contributed by atoms with Gasteiger partial charge in [0.05, 0.1) is 44.6 Å². The molecule has 1 radical (unpaired) electrons. The molecule has 2 aromatic rings. The standard InChI is InChI=1S/C58H86N11O25/c1-3-4-6-11-35(75)93-49-42(79)33(22-73)91-56(47(49)84)94-48-34(23-74)92-55(46(83)44(48)81)89-28-14-12-25(13-15-28)16-29(65-51(86)36(59)24(2)26-9-7-5-8-10-26)50(85)67-37(39(76)30-17-62-57(60)66-30)53(88)68-38(52(87)64-27(19-70)20-71)40(77)31-18-63-58(61)69(31)54-45(82)43(80)41(78)32(21-72)90-54/h5,7-10,12-15,24,27,29-34,36-49,54-56,70,72-74,76-84H,3-4,6,11,16-19,21-23,59H2,1-2H3,(H2,61,63)(H,64,87)(H,65,86)(H,67,85)(H,68,88)(H3,60,62,66). The number of hydrogen-bond donors (Lipinski definition) is 23. The monoisotopic (exact) mass is 1340 g/mol. The summed E-state index contributed by atoms with van der Waals surface area (Å²) in [5.74, 6) is -7.34. The molecule has 0 bridgehead atoms. The molecule has 25 atom stereocenters. The van der Waals surface area contributed by atoms with E-state index in [0.717, 1.165) is 11.3 Å². The molecule has 0 saturated carbocycles. The third-order valence-electron chi connectivity index (χ3n) is 17.0. The second-order valence-corrected chi connectivity index (χ2v) is 23.4. The van der Waals surface area contributed by atoms with Crippen LogP contribution < -0.4 is 47.7 Å². The maximum Gasteiger partial charge on any atom is 0.306 e. The lowest BCUT2D eigenvalue weighted by Crippen LogP contribution is -2.69. The number of carbonyl (C=O) groups is 5. The molecule has 5 aliphatic heterocycles. The minimum atomic E-state index is -2.30. The maximum atomic E-state index is 14.9. The van der Waals surface area contributed by atoms with Crippen molar-refractivity contribution in [2.24, 2.45) is 5.73 Å². The molecule has 5 heterocycles. The van der Waals surface area contributed by atoms with Gasteiger partial charge in [-0.3, -0.25) is 39.6 Å². The second-order valence-electron chi connectivity index (χ2n) is 23.4. The summed E-state index contributed by atoms with van der Waals surface area (Å²) in [5, 5.41) is 175. The lowest BCUT2D eigenvalue weighted by atomic mass is 9.93. The minimum absolute atomic E-state index is 0.0440. The van der Waals surface area contributed by atoms with E-state index in [-0.39, 0.29) is 30.2 Å². The molecular weight excluding hydrogens is 1250 g/mol. The highest BCUT2D eigenvalue weighted by Crippen LogP contribution is 2.33. The summed E-state index contributed by atoms with van der Waals surface area (Å²) in [4.78, 5) is 83.4. The number of guanidine groups is 2. The summed E-state index contributed by atoms with van der Waals surface area (Å²) < 4.78 is 34.1. The fraction of sp³-hybridized carbons (Fsp3) is 0.655. The van der Waals surface area contributed by atoms with Crippen LogP contribution in [0.3, 0.4) is 0 Å². The van der Waals surface area contributed by atoms with Crippen molar-refractivity contribution in [1.29, 1.82) is 10.8 Å². The zero-order valence-corrected chi connectivity index (χ0v) is 51.1. The minimum Gasteiger partial charge on any atom is -0.462 e. The van der Waals surface area contributed by atoms with E-state index in [2.05, 4.69) is 37.2 Å². The number of unbranched alkanes of at least 4 members (excludes halogenated alkanes) is 2. The number of carbonyl (C=O) groups excluding carboxylic acids is 6. The molecule has 0 aliphatic carbocycles. The highest BCUT2D eigenvalue weighted by Gasteiger charge is 2.55. The van der Waals surface area contributed by atoms with Gasteiger partial charge in [-0.2, -0.15) is 0 Å². The van der Waals surface area contributed by atoms with Crippen LogP contribution in [0.25, 0.3) is 0 Å². The lowest BCUT2D eigenvalue weighted by molar-refractivity contribution is -0.353. The van der Waals surface area contributed by atoms with Crippen molar-refractivity contribution in [3.63, 3.8) is 0 Å². The molecule has 4 amide bonds. The van der Waals surface area contributed by atoms with Crippen LogP contribution in [-0.2, 0) is 58.9 Å². The molecule has 36 heteroatoms. The van der Waals surface area contributed by atoms with Gasteiger partial charge in [-0.1, -0.05) is 69.2 Å². The number of hydrogen-bond acceptors (Lipinski definition) is 28. The molecule has 25 unspecified atom stereocenters. The normalized spacial score (nSPS) is 31.9. The number of rotatable bonds is 31. The highest BCUT2D eigenvalue weighted by molar-refractivity contribution is 5.96. The van der Waals surface area contributed by atoms with Crippen LogP contribution in [-0.4, -0.2) is 305 Å². The Balaban J connectivity index is 1.13. The fourth-order valence-corrected chi connectivity index (χ4v) is 11.4. The average Bonchev–Trinajstić information content (AvgIpc) is 1.40. The molecule has 0 spiro atoms. The van der Waals surface area contributed by atoms with E-state index in [1.807, 2.05) is 6.92 Å². The van der Waals surface area contributed by atoms with Crippen LogP contribution in [0.15, 0.2) is 54.6 Å². The summed E-state index contributed by atoms with van der Waals surface area (Å²) in [6.07, 6.45) is -28.2. The molecule has 0 aromatic heterocycles. The summed E-state index contributed by atoms with van der Waals surface area (Å²) >= 11 is 0. The predicted molar refractivity (Wildman–Crippen MR) is 318 cm³/mol. The summed E-state index contributed by atoms with van der Waals surface area (Å²) in [5.41, 5.74) is 7.39. The van der Waals surface area contributed by atoms with Crippen molar-refractivity contribution >= 4 is 47.8 Å². The van der Waals surface area contributed by atoms with Gasteiger partial charge < -0.3 is 143 Å². The van der Waals surface area contributed by atoms with Crippen molar-refractivity contribution in [2.75, 3.05) is 39.5 Å². The van der Waals surface area contributed by atoms with E-state index in [0.29, 0.717) is 18.4 Å². The van der Waals surface area contributed by atoms with Gasteiger partial charge in [0.1, 0.15) is 109 Å². The summed E-state index contributed by atoms with van der Waals surface area (Å²) in [6.45, 7) is -0.800. The molecule has 94 heavy (non-hydrogen) atoms. The zero-order chi connectivity index (χ0) is 68.8. The molecule has 7 rings (SSSR count). The number of nitrogens with one attached hydrogen (secondary N) is 9. The average molecular weight is 1340 g/mol. The van der Waals surface area contributed by atoms with E-state index in [4.69, 9.17) is 45.0 Å². The van der Waals surface area contributed by atoms with E-state index < -0.39 is 227 Å². The quantitative estimate of drug-likeness (QED) is 0.0246. The number of nitrogens with two attached hydrogens (primary N) is 1. The predicted octanol–water partition coefficient (Wildman–Crippen LogP) is -10.2. The second kappa shape index (κ2) is 34.1. The van der Waals surface area contributed by atoms with Gasteiger partial charge in [-0.25, -0.2) is 0 Å². The van der Waals surface area contributed by atoms with Gasteiger partial charge in [-0.15, -0.1) is 0 Å². The van der Waals surface area contributed by atoms with Crippen LogP contribution in [0.4, 0.5) is 0 Å². The number of amides is 4. The van der Waals surface area contributed by atoms with Crippen molar-refractivity contribution in [3.8, 4) is 5.75 Å². The first-order valence-electron chi connectivity index (χ1n) is 30.5. The van der Waals surface area contributed by atoms with Gasteiger partial charge in [-0.05, 0) is 29.7 Å². The number of benzene rings is 2. The number of ether oxygens (including phenoxy) is 6.